The van der Waals surface area contributed by atoms with Crippen molar-refractivity contribution in [3.63, 3.8) is 0 Å². The van der Waals surface area contributed by atoms with E-state index in [0.717, 1.165) is 0 Å². The maximum absolute atomic E-state index is 12.8. The van der Waals surface area contributed by atoms with Gasteiger partial charge in [-0.15, -0.1) is 4.52 Å². The Hall–Kier alpha value is -3.09. The number of phenolic OH excluding ortho intramolecular Hbond substituents is 3. The molecule has 3 rings (SSSR count). The highest BCUT2D eigenvalue weighted by atomic mass is 31.1. The fraction of sp³-hybridized carbons (Fsp3) is 0.167. The monoisotopic (exact) mass is 391 g/mol. The Labute approximate surface area is 154 Å². The van der Waals surface area contributed by atoms with Crippen LogP contribution in [-0.4, -0.2) is 28.3 Å². The zero-order valence-corrected chi connectivity index (χ0v) is 15.1. The van der Waals surface area contributed by atoms with Crippen molar-refractivity contribution in [3.05, 3.63) is 46.6 Å². The van der Waals surface area contributed by atoms with Crippen LogP contribution in [0.4, 0.5) is 0 Å². The Bertz CT molecular complexity index is 1070. The number of hydrogen-bond acceptors (Lipinski definition) is 8. The number of hydrogen-bond donors (Lipinski definition) is 3. The van der Waals surface area contributed by atoms with E-state index in [1.807, 2.05) is 0 Å². The molecule has 1 aromatic heterocycles. The van der Waals surface area contributed by atoms with E-state index in [2.05, 4.69) is 0 Å². The Balaban J connectivity index is 2.18. The van der Waals surface area contributed by atoms with Gasteiger partial charge in [-0.25, -0.2) is 0 Å². The van der Waals surface area contributed by atoms with Crippen LogP contribution in [0.2, 0.25) is 0 Å². The van der Waals surface area contributed by atoms with Crippen molar-refractivity contribution >= 4 is 19.0 Å². The van der Waals surface area contributed by atoms with Crippen LogP contribution in [0.1, 0.15) is 6.92 Å². The number of rotatable bonds is 6. The van der Waals surface area contributed by atoms with Gasteiger partial charge in [0.2, 0.25) is 11.2 Å². The zero-order valence-electron chi connectivity index (χ0n) is 14.2. The standard InChI is InChI=1S/C18H15O8P/c1-2-25-27(23)9-24-18-16(22)12-5-4-11(19)8-15(12)26-17(18)10-3-6-13(20)14(21)7-10/h3-8H,2,9H2,1H3,(H2-,19,20,21,22)/p+1. The van der Waals surface area contributed by atoms with Gasteiger partial charge in [0.1, 0.15) is 11.3 Å². The van der Waals surface area contributed by atoms with E-state index < -0.39 is 19.2 Å². The second-order valence-corrected chi connectivity index (χ2v) is 6.68. The molecule has 1 heterocycles. The van der Waals surface area contributed by atoms with Crippen molar-refractivity contribution in [1.29, 1.82) is 0 Å². The third kappa shape index (κ3) is 3.86. The minimum absolute atomic E-state index is 0.0479. The topological polar surface area (TPSA) is 126 Å². The average molecular weight is 391 g/mol. The molecule has 0 aliphatic carbocycles. The van der Waals surface area contributed by atoms with E-state index in [0.29, 0.717) is 0 Å². The van der Waals surface area contributed by atoms with Gasteiger partial charge >= 0.3 is 14.4 Å². The maximum Gasteiger partial charge on any atom is 0.550 e. The van der Waals surface area contributed by atoms with E-state index in [1.54, 1.807) is 6.92 Å². The van der Waals surface area contributed by atoms with Crippen molar-refractivity contribution in [2.24, 2.45) is 0 Å². The molecule has 3 N–H and O–H groups in total. The van der Waals surface area contributed by atoms with Crippen LogP contribution >= 0.6 is 8.03 Å². The first-order chi connectivity index (χ1) is 12.9. The largest absolute Gasteiger partial charge is 0.550 e. The molecular weight excluding hydrogens is 375 g/mol. The number of phenols is 3. The molecule has 140 valence electrons. The van der Waals surface area contributed by atoms with E-state index in [4.69, 9.17) is 13.7 Å². The summed E-state index contributed by atoms with van der Waals surface area (Å²) >= 11 is 0. The number of aromatic hydroxyl groups is 3. The average Bonchev–Trinajstić information content (AvgIpc) is 2.63. The van der Waals surface area contributed by atoms with Crippen molar-refractivity contribution < 1.29 is 33.6 Å². The molecule has 8 nitrogen and oxygen atoms in total. The number of fused-ring (bicyclic) bond motifs is 1. The summed E-state index contributed by atoms with van der Waals surface area (Å²) in [6, 6.07) is 7.81. The highest BCUT2D eigenvalue weighted by Gasteiger charge is 2.24. The van der Waals surface area contributed by atoms with Crippen molar-refractivity contribution in [3.8, 4) is 34.3 Å². The highest BCUT2D eigenvalue weighted by molar-refractivity contribution is 7.38. The molecule has 9 heteroatoms. The van der Waals surface area contributed by atoms with Gasteiger partial charge in [0, 0.05) is 11.6 Å². The first kappa shape index (κ1) is 18.7. The van der Waals surface area contributed by atoms with Gasteiger partial charge < -0.3 is 24.5 Å². The van der Waals surface area contributed by atoms with Gasteiger partial charge in [0.05, 0.1) is 12.0 Å². The summed E-state index contributed by atoms with van der Waals surface area (Å²) < 4.78 is 27.8. The first-order valence-electron chi connectivity index (χ1n) is 7.93. The van der Waals surface area contributed by atoms with E-state index in [9.17, 15) is 24.7 Å². The fourth-order valence-electron chi connectivity index (χ4n) is 2.45. The summed E-state index contributed by atoms with van der Waals surface area (Å²) in [6.07, 6.45) is -0.366. The lowest BCUT2D eigenvalue weighted by atomic mass is 10.1. The van der Waals surface area contributed by atoms with Crippen molar-refractivity contribution in [2.75, 3.05) is 13.0 Å². The van der Waals surface area contributed by atoms with Crippen LogP contribution < -0.4 is 10.2 Å². The summed E-state index contributed by atoms with van der Waals surface area (Å²) in [4.78, 5) is 12.8. The lowest BCUT2D eigenvalue weighted by Gasteiger charge is -2.10. The Morgan fingerprint density at radius 2 is 1.85 bits per heavy atom. The van der Waals surface area contributed by atoms with Crippen LogP contribution in [0.25, 0.3) is 22.3 Å². The Kier molecular flexibility index (Phi) is 5.30. The van der Waals surface area contributed by atoms with Crippen molar-refractivity contribution in [2.45, 2.75) is 6.92 Å². The zero-order chi connectivity index (χ0) is 19.6. The fourth-order valence-corrected chi connectivity index (χ4v) is 3.05. The molecule has 0 amide bonds. The molecule has 0 aliphatic rings. The summed E-state index contributed by atoms with van der Waals surface area (Å²) in [5.74, 6) is -1.13. The summed E-state index contributed by atoms with van der Waals surface area (Å²) in [7, 11) is -2.14. The highest BCUT2D eigenvalue weighted by Crippen LogP contribution is 2.37. The molecule has 0 fully saturated rings. The normalized spacial score (nSPS) is 11.5. The van der Waals surface area contributed by atoms with Gasteiger partial charge in [0.25, 0.3) is 0 Å². The molecule has 0 bridgehead atoms. The van der Waals surface area contributed by atoms with E-state index in [-0.39, 0.29) is 52.5 Å². The quantitative estimate of drug-likeness (QED) is 0.429. The molecular formula is C18H16O8P+. The second kappa shape index (κ2) is 7.65. The summed E-state index contributed by atoms with van der Waals surface area (Å²) in [5, 5.41) is 29.0. The van der Waals surface area contributed by atoms with Gasteiger partial charge in [0.15, 0.2) is 17.3 Å². The van der Waals surface area contributed by atoms with E-state index >= 15 is 0 Å². The minimum atomic E-state index is -2.14. The summed E-state index contributed by atoms with van der Waals surface area (Å²) in [6.45, 7) is 1.90. The van der Waals surface area contributed by atoms with Gasteiger partial charge in [-0.3, -0.25) is 4.79 Å². The molecule has 0 radical (unpaired) electrons. The molecule has 0 aliphatic heterocycles. The van der Waals surface area contributed by atoms with Crippen molar-refractivity contribution in [1.82, 2.24) is 0 Å². The molecule has 2 aromatic carbocycles. The van der Waals surface area contributed by atoms with Crippen LogP contribution in [-0.2, 0) is 9.09 Å². The lowest BCUT2D eigenvalue weighted by molar-refractivity contribution is 0.306. The predicted octanol–water partition coefficient (Wildman–Crippen LogP) is 3.69. The number of ether oxygens (including phenoxy) is 1. The third-order valence-electron chi connectivity index (χ3n) is 3.66. The smallest absolute Gasteiger partial charge is 0.508 e. The van der Waals surface area contributed by atoms with Gasteiger partial charge in [-0.1, -0.05) is 0 Å². The number of benzene rings is 2. The van der Waals surface area contributed by atoms with Crippen LogP contribution in [0.3, 0.4) is 0 Å². The molecule has 27 heavy (non-hydrogen) atoms. The SMILES string of the molecule is CCO[P+](=O)COc1c(-c2ccc(O)c(O)c2)oc2cc(O)ccc2c1=O. The first-order valence-corrected chi connectivity index (χ1v) is 9.29. The Morgan fingerprint density at radius 1 is 1.07 bits per heavy atom. The summed E-state index contributed by atoms with van der Waals surface area (Å²) in [5.41, 5.74) is -0.197. The maximum atomic E-state index is 12.8. The van der Waals surface area contributed by atoms with Crippen LogP contribution in [0.5, 0.6) is 23.0 Å². The molecule has 3 aromatic rings. The molecule has 1 atom stereocenters. The van der Waals surface area contributed by atoms with Gasteiger partial charge in [-0.2, -0.15) is 0 Å². The molecule has 0 saturated carbocycles. The molecule has 0 spiro atoms. The van der Waals surface area contributed by atoms with E-state index in [1.165, 1.54) is 36.4 Å². The second-order valence-electron chi connectivity index (χ2n) is 5.50. The van der Waals surface area contributed by atoms with Crippen LogP contribution in [0.15, 0.2) is 45.6 Å². The van der Waals surface area contributed by atoms with Gasteiger partial charge in [-0.05, 0) is 41.8 Å². The predicted molar refractivity (Wildman–Crippen MR) is 97.6 cm³/mol. The Morgan fingerprint density at radius 3 is 2.56 bits per heavy atom. The minimum Gasteiger partial charge on any atom is -0.508 e. The third-order valence-corrected chi connectivity index (χ3v) is 4.55. The molecule has 1 unspecified atom stereocenters. The molecule has 0 saturated heterocycles. The lowest BCUT2D eigenvalue weighted by Crippen LogP contribution is -2.10. The van der Waals surface area contributed by atoms with Crippen LogP contribution in [0, 0.1) is 0 Å².